The quantitative estimate of drug-likeness (QED) is 0.634. The first-order chi connectivity index (χ1) is 11.0. The molecule has 2 atom stereocenters. The van der Waals surface area contributed by atoms with E-state index in [0.717, 1.165) is 48.8 Å². The Morgan fingerprint density at radius 3 is 2.52 bits per heavy atom. The van der Waals surface area contributed by atoms with Crippen LogP contribution in [0.3, 0.4) is 0 Å². The van der Waals surface area contributed by atoms with E-state index < -0.39 is 10.5 Å². The second-order valence-corrected chi connectivity index (χ2v) is 6.25. The smallest absolute Gasteiger partial charge is 0.285 e. The maximum Gasteiger partial charge on any atom is 0.285 e. The summed E-state index contributed by atoms with van der Waals surface area (Å²) in [5, 5.41) is 14.2. The van der Waals surface area contributed by atoms with Crippen molar-refractivity contribution in [2.24, 2.45) is 11.8 Å². The minimum Gasteiger partial charge on any atom is -0.341 e. The number of amides is 1. The summed E-state index contributed by atoms with van der Waals surface area (Å²) >= 11 is 0. The Labute approximate surface area is 133 Å². The highest BCUT2D eigenvalue weighted by molar-refractivity contribution is 5.76. The van der Waals surface area contributed by atoms with Crippen LogP contribution in [-0.4, -0.2) is 46.5 Å². The Morgan fingerprint density at radius 1 is 1.26 bits per heavy atom. The second-order valence-electron chi connectivity index (χ2n) is 6.25. The number of carbonyl (C=O) groups is 1. The summed E-state index contributed by atoms with van der Waals surface area (Å²) in [7, 11) is 0. The number of likely N-dealkylation sites (tertiary alicyclic amines) is 1. The van der Waals surface area contributed by atoms with Crippen LogP contribution < -0.4 is 10.9 Å². The summed E-state index contributed by atoms with van der Waals surface area (Å²) in [6.45, 7) is 3.25. The topological polar surface area (TPSA) is 97.5 Å². The highest BCUT2D eigenvalue weighted by Crippen LogP contribution is 2.27. The number of fused-ring (bicyclic) bond motifs is 1. The van der Waals surface area contributed by atoms with Gasteiger partial charge in [-0.05, 0) is 37.8 Å². The maximum absolute atomic E-state index is 12.5. The first-order valence-corrected chi connectivity index (χ1v) is 7.88. The van der Waals surface area contributed by atoms with Gasteiger partial charge in [-0.15, -0.1) is 0 Å². The molecule has 124 valence electrons. The number of pyridine rings is 1. The maximum atomic E-state index is 12.5. The number of aromatic nitrogens is 1. The van der Waals surface area contributed by atoms with Crippen LogP contribution in [0.15, 0.2) is 23.1 Å². The van der Waals surface area contributed by atoms with Gasteiger partial charge in [0.1, 0.15) is 6.54 Å². The lowest BCUT2D eigenvalue weighted by Gasteiger charge is -2.21. The lowest BCUT2D eigenvalue weighted by atomic mass is 9.92. The number of hydrogen-bond donors (Lipinski definition) is 1. The first kappa shape index (κ1) is 15.7. The zero-order valence-electron chi connectivity index (χ0n) is 12.8. The van der Waals surface area contributed by atoms with Gasteiger partial charge in [-0.2, -0.15) is 0 Å². The van der Waals surface area contributed by atoms with Crippen LogP contribution in [0.5, 0.6) is 0 Å². The fraction of sp³-hybridized carbons (Fsp3) is 0.600. The molecule has 3 rings (SSSR count). The van der Waals surface area contributed by atoms with Gasteiger partial charge < -0.3 is 10.2 Å². The van der Waals surface area contributed by atoms with E-state index in [1.807, 2.05) is 0 Å². The molecule has 0 unspecified atom stereocenters. The van der Waals surface area contributed by atoms with E-state index in [0.29, 0.717) is 24.9 Å². The van der Waals surface area contributed by atoms with Crippen LogP contribution in [0.25, 0.3) is 0 Å². The molecule has 3 heterocycles. The van der Waals surface area contributed by atoms with Crippen molar-refractivity contribution < 1.29 is 9.72 Å². The molecule has 0 aromatic carbocycles. The fourth-order valence-corrected chi connectivity index (χ4v) is 3.46. The van der Waals surface area contributed by atoms with E-state index in [9.17, 15) is 19.7 Å². The van der Waals surface area contributed by atoms with Gasteiger partial charge in [-0.1, -0.05) is 0 Å². The summed E-state index contributed by atoms with van der Waals surface area (Å²) in [5.74, 6) is 1.09. The lowest BCUT2D eigenvalue weighted by Crippen LogP contribution is -2.37. The third kappa shape index (κ3) is 3.42. The Balaban J connectivity index is 1.68. The van der Waals surface area contributed by atoms with E-state index in [1.54, 1.807) is 4.90 Å². The van der Waals surface area contributed by atoms with E-state index >= 15 is 0 Å². The minimum absolute atomic E-state index is 0.145. The molecule has 0 radical (unpaired) electrons. The predicted molar refractivity (Wildman–Crippen MR) is 83.0 cm³/mol. The van der Waals surface area contributed by atoms with Gasteiger partial charge in [0.05, 0.1) is 11.1 Å². The van der Waals surface area contributed by atoms with E-state index in [4.69, 9.17) is 0 Å². The average molecular weight is 320 g/mol. The largest absolute Gasteiger partial charge is 0.341 e. The molecule has 0 aliphatic carbocycles. The van der Waals surface area contributed by atoms with Crippen LogP contribution in [0.2, 0.25) is 0 Å². The zero-order chi connectivity index (χ0) is 16.4. The van der Waals surface area contributed by atoms with Gasteiger partial charge in [0.15, 0.2) is 0 Å². The van der Waals surface area contributed by atoms with E-state index in [2.05, 4.69) is 5.32 Å². The summed E-state index contributed by atoms with van der Waals surface area (Å²) < 4.78 is 1.12. The summed E-state index contributed by atoms with van der Waals surface area (Å²) in [5.41, 5.74) is -0.589. The van der Waals surface area contributed by atoms with Crippen molar-refractivity contribution in [3.63, 3.8) is 0 Å². The molecular formula is C15H20N4O4. The number of nitrogens with one attached hydrogen (secondary N) is 1. The number of nitrogens with zero attached hydrogens (tertiary/aromatic N) is 3. The van der Waals surface area contributed by atoms with Crippen molar-refractivity contribution in [3.8, 4) is 0 Å². The molecular weight excluding hydrogens is 300 g/mol. The third-order valence-corrected chi connectivity index (χ3v) is 4.86. The Morgan fingerprint density at radius 2 is 1.91 bits per heavy atom. The van der Waals surface area contributed by atoms with Gasteiger partial charge >= 0.3 is 0 Å². The molecule has 1 aromatic rings. The van der Waals surface area contributed by atoms with Gasteiger partial charge in [0.25, 0.3) is 11.2 Å². The first-order valence-electron chi connectivity index (χ1n) is 7.88. The normalized spacial score (nSPS) is 24.1. The van der Waals surface area contributed by atoms with Crippen LogP contribution in [0.4, 0.5) is 5.69 Å². The van der Waals surface area contributed by atoms with E-state index in [1.165, 1.54) is 0 Å². The van der Waals surface area contributed by atoms with Crippen LogP contribution in [-0.2, 0) is 11.3 Å². The fourth-order valence-electron chi connectivity index (χ4n) is 3.46. The average Bonchev–Trinajstić information content (AvgIpc) is 2.87. The molecule has 1 aromatic heterocycles. The number of carbonyl (C=O) groups excluding carboxylic acids is 1. The Bertz CT molecular complexity index is 658. The zero-order valence-corrected chi connectivity index (χ0v) is 12.8. The van der Waals surface area contributed by atoms with Gasteiger partial charge in [-0.25, -0.2) is 0 Å². The van der Waals surface area contributed by atoms with Gasteiger partial charge in [-0.3, -0.25) is 24.3 Å². The molecule has 2 aliphatic heterocycles. The molecule has 2 saturated heterocycles. The molecule has 2 fully saturated rings. The highest BCUT2D eigenvalue weighted by Gasteiger charge is 2.31. The van der Waals surface area contributed by atoms with Crippen LogP contribution >= 0.6 is 0 Å². The molecule has 8 nitrogen and oxygen atoms in total. The molecule has 0 saturated carbocycles. The van der Waals surface area contributed by atoms with Gasteiger partial charge in [0.2, 0.25) is 5.91 Å². The highest BCUT2D eigenvalue weighted by atomic mass is 16.6. The van der Waals surface area contributed by atoms with Crippen molar-refractivity contribution in [2.45, 2.75) is 19.4 Å². The van der Waals surface area contributed by atoms with Gasteiger partial charge in [0, 0.05) is 25.2 Å². The van der Waals surface area contributed by atoms with Crippen LogP contribution in [0.1, 0.15) is 12.8 Å². The van der Waals surface area contributed by atoms with Crippen molar-refractivity contribution in [1.82, 2.24) is 14.8 Å². The third-order valence-electron chi connectivity index (χ3n) is 4.86. The Kier molecular flexibility index (Phi) is 4.42. The minimum atomic E-state index is -0.569. The second kappa shape index (κ2) is 6.49. The van der Waals surface area contributed by atoms with Crippen molar-refractivity contribution in [2.75, 3.05) is 26.2 Å². The van der Waals surface area contributed by atoms with Crippen molar-refractivity contribution >= 4 is 11.6 Å². The summed E-state index contributed by atoms with van der Waals surface area (Å²) in [6.07, 6.45) is 3.07. The van der Waals surface area contributed by atoms with E-state index in [-0.39, 0.29) is 18.1 Å². The molecule has 2 aliphatic rings. The predicted octanol–water partition coefficient (Wildman–Crippen LogP) is 0.214. The number of rotatable bonds is 3. The summed E-state index contributed by atoms with van der Waals surface area (Å²) in [4.78, 5) is 36.3. The molecule has 0 spiro atoms. The SMILES string of the molecule is O=C(Cn1cc([N+](=O)[O-])ccc1=O)N1CC[C@@H]2CNC[C@@H]2CC1. The molecule has 8 heteroatoms. The van der Waals surface area contributed by atoms with Crippen molar-refractivity contribution in [3.05, 3.63) is 38.8 Å². The van der Waals surface area contributed by atoms with Crippen LogP contribution in [0, 0.1) is 22.0 Å². The molecule has 1 N–H and O–H groups in total. The Hall–Kier alpha value is -2.22. The molecule has 1 amide bonds. The standard InChI is InChI=1S/C15H20N4O4/c20-14-2-1-13(19(22)23)9-18(14)10-15(21)17-5-3-11-7-16-8-12(11)4-6-17/h1-2,9,11-12,16H,3-8,10H2/t11-,12+. The summed E-state index contributed by atoms with van der Waals surface area (Å²) in [6, 6.07) is 2.29. The van der Waals surface area contributed by atoms with Crippen molar-refractivity contribution in [1.29, 1.82) is 0 Å². The molecule has 23 heavy (non-hydrogen) atoms. The molecule has 0 bridgehead atoms. The number of nitro groups is 1. The number of hydrogen-bond acceptors (Lipinski definition) is 5. The lowest BCUT2D eigenvalue weighted by molar-refractivity contribution is -0.385. The monoisotopic (exact) mass is 320 g/mol.